The largest absolute Gasteiger partial charge is 0.324 e. The van der Waals surface area contributed by atoms with Gasteiger partial charge in [-0.05, 0) is 12.8 Å². The Bertz CT molecular complexity index is 608. The average Bonchev–Trinajstić information content (AvgIpc) is 2.66. The predicted molar refractivity (Wildman–Crippen MR) is 118 cm³/mol. The fourth-order valence-corrected chi connectivity index (χ4v) is 2.86. The first-order valence-corrected chi connectivity index (χ1v) is 9.05. The molecule has 0 unspecified atom stereocenters. The number of nitrogens with zero attached hydrogens (tertiary/aromatic N) is 3. The lowest BCUT2D eigenvalue weighted by atomic mass is 9.90. The van der Waals surface area contributed by atoms with E-state index < -0.39 is 5.54 Å². The van der Waals surface area contributed by atoms with Crippen molar-refractivity contribution in [3.63, 3.8) is 0 Å². The summed E-state index contributed by atoms with van der Waals surface area (Å²) in [5.74, 6) is 15.8. The van der Waals surface area contributed by atoms with Gasteiger partial charge in [-0.2, -0.15) is 0 Å². The summed E-state index contributed by atoms with van der Waals surface area (Å²) in [7, 11) is 0. The minimum Gasteiger partial charge on any atom is -0.324 e. The first kappa shape index (κ1) is 25.2. The van der Waals surface area contributed by atoms with Gasteiger partial charge in [-0.25, -0.2) is 0 Å². The number of rotatable bonds is 14. The van der Waals surface area contributed by atoms with Gasteiger partial charge in [0.1, 0.15) is 0 Å². The topological polar surface area (TPSA) is 35.7 Å². The van der Waals surface area contributed by atoms with Gasteiger partial charge in [0, 0.05) is 25.2 Å². The van der Waals surface area contributed by atoms with Crippen molar-refractivity contribution in [3.05, 3.63) is 0 Å². The molecule has 0 amide bonds. The van der Waals surface area contributed by atoms with E-state index in [9.17, 15) is 0 Å². The summed E-state index contributed by atoms with van der Waals surface area (Å²) in [6.07, 6.45) is 34.1. The van der Waals surface area contributed by atoms with Gasteiger partial charge in [0.05, 0.1) is 39.3 Å². The lowest BCUT2D eigenvalue weighted by Crippen LogP contribution is -2.53. The molecule has 0 rings (SSSR count). The van der Waals surface area contributed by atoms with Gasteiger partial charge in [-0.1, -0.05) is 35.5 Å². The van der Waals surface area contributed by atoms with E-state index in [-0.39, 0.29) is 0 Å². The van der Waals surface area contributed by atoms with Crippen LogP contribution in [0.1, 0.15) is 12.8 Å². The number of hydrogen-bond acceptors (Lipinski definition) is 4. The fraction of sp³-hybridized carbons (Fsp3) is 0.500. The van der Waals surface area contributed by atoms with Crippen LogP contribution in [0, 0.1) is 74.1 Å². The van der Waals surface area contributed by atoms with Crippen LogP contribution < -0.4 is 5.73 Å². The lowest BCUT2D eigenvalue weighted by Gasteiger charge is -2.36. The zero-order valence-corrected chi connectivity index (χ0v) is 16.7. The van der Waals surface area contributed by atoms with Crippen LogP contribution in [0.4, 0.5) is 0 Å². The Labute approximate surface area is 172 Å². The molecule has 0 aromatic carbocycles. The van der Waals surface area contributed by atoms with Crippen molar-refractivity contribution in [1.29, 1.82) is 0 Å². The van der Waals surface area contributed by atoms with Crippen molar-refractivity contribution >= 4 is 0 Å². The van der Waals surface area contributed by atoms with Gasteiger partial charge in [0.2, 0.25) is 0 Å². The maximum atomic E-state index is 6.80. The Morgan fingerprint density at radius 1 is 0.536 bits per heavy atom. The molecule has 146 valence electrons. The van der Waals surface area contributed by atoms with Crippen LogP contribution in [0.3, 0.4) is 0 Å². The quantitative estimate of drug-likeness (QED) is 0.440. The van der Waals surface area contributed by atoms with Crippen molar-refractivity contribution in [1.82, 2.24) is 14.7 Å². The molecular weight excluding hydrogens is 344 g/mol. The highest BCUT2D eigenvalue weighted by Crippen LogP contribution is 2.16. The first-order valence-electron chi connectivity index (χ1n) is 9.05. The average molecular weight is 375 g/mol. The van der Waals surface area contributed by atoms with E-state index in [1.807, 2.05) is 14.7 Å². The van der Waals surface area contributed by atoms with E-state index in [2.05, 4.69) is 35.5 Å². The van der Waals surface area contributed by atoms with Crippen LogP contribution in [0.25, 0.3) is 0 Å². The SMILES string of the molecule is C#CCN(CC#C)CCC(N)(CCN(CC#C)CC#C)CN(CC#C)CC#C. The molecule has 0 radical (unpaired) electrons. The summed E-state index contributed by atoms with van der Waals surface area (Å²) in [6, 6.07) is 0. The van der Waals surface area contributed by atoms with Crippen LogP contribution in [0.5, 0.6) is 0 Å². The van der Waals surface area contributed by atoms with E-state index in [1.54, 1.807) is 0 Å². The van der Waals surface area contributed by atoms with Gasteiger partial charge in [-0.3, -0.25) is 14.7 Å². The Balaban J connectivity index is 5.27. The summed E-state index contributed by atoms with van der Waals surface area (Å²) < 4.78 is 0. The van der Waals surface area contributed by atoms with Gasteiger partial charge < -0.3 is 5.73 Å². The maximum absolute atomic E-state index is 6.80. The highest BCUT2D eigenvalue weighted by Gasteiger charge is 2.28. The normalized spacial score (nSPS) is 10.5. The van der Waals surface area contributed by atoms with Crippen molar-refractivity contribution in [3.8, 4) is 74.1 Å². The zero-order valence-electron chi connectivity index (χ0n) is 16.7. The minimum absolute atomic E-state index is 0.431. The molecule has 0 bridgehead atoms. The number of terminal acetylenes is 6. The molecule has 0 aromatic heterocycles. The highest BCUT2D eigenvalue weighted by molar-refractivity contribution is 5.01. The molecule has 0 aliphatic carbocycles. The zero-order chi connectivity index (χ0) is 21.3. The molecule has 0 spiro atoms. The molecule has 0 fully saturated rings. The molecular formula is C24H30N4. The summed E-state index contributed by atoms with van der Waals surface area (Å²) in [5.41, 5.74) is 6.26. The van der Waals surface area contributed by atoms with Crippen LogP contribution in [-0.2, 0) is 0 Å². The van der Waals surface area contributed by atoms with E-state index >= 15 is 0 Å². The van der Waals surface area contributed by atoms with Crippen molar-refractivity contribution in [2.45, 2.75) is 18.4 Å². The van der Waals surface area contributed by atoms with E-state index in [0.717, 1.165) is 0 Å². The third-order valence-electron chi connectivity index (χ3n) is 4.28. The highest BCUT2D eigenvalue weighted by atomic mass is 15.2. The molecule has 0 aliphatic rings. The molecule has 0 saturated carbocycles. The second kappa shape index (κ2) is 15.3. The molecule has 0 aromatic rings. The Kier molecular flexibility index (Phi) is 13.7. The summed E-state index contributed by atoms with van der Waals surface area (Å²) >= 11 is 0. The number of nitrogens with two attached hydrogens (primary N) is 1. The van der Waals surface area contributed by atoms with Crippen LogP contribution in [-0.4, -0.2) is 79.1 Å². The molecule has 0 saturated heterocycles. The molecule has 0 aliphatic heterocycles. The third-order valence-corrected chi connectivity index (χ3v) is 4.28. The van der Waals surface area contributed by atoms with Crippen LogP contribution in [0.2, 0.25) is 0 Å². The van der Waals surface area contributed by atoms with Crippen molar-refractivity contribution < 1.29 is 0 Å². The van der Waals surface area contributed by atoms with E-state index in [1.165, 1.54) is 0 Å². The van der Waals surface area contributed by atoms with Gasteiger partial charge in [0.25, 0.3) is 0 Å². The van der Waals surface area contributed by atoms with E-state index in [0.29, 0.717) is 71.7 Å². The third kappa shape index (κ3) is 11.0. The summed E-state index contributed by atoms with van der Waals surface area (Å²) in [5, 5.41) is 0. The van der Waals surface area contributed by atoms with Crippen molar-refractivity contribution in [2.75, 3.05) is 58.9 Å². The Hall–Kier alpha value is -2.80. The molecule has 0 heterocycles. The second-order valence-electron chi connectivity index (χ2n) is 6.65. The standard InChI is InChI=1S/C24H30N4/c1-7-15-26(16-8-2)21-13-24(25,23-28(19-11-5)20-12-6)14-22-27(17-9-3)18-10-4/h1-6H,13-23,25H2. The molecule has 2 N–H and O–H groups in total. The van der Waals surface area contributed by atoms with Gasteiger partial charge in [0.15, 0.2) is 0 Å². The molecule has 4 heteroatoms. The van der Waals surface area contributed by atoms with Gasteiger partial charge >= 0.3 is 0 Å². The summed E-state index contributed by atoms with van der Waals surface area (Å²) in [6.45, 7) is 4.65. The molecule has 4 nitrogen and oxygen atoms in total. The second-order valence-corrected chi connectivity index (χ2v) is 6.65. The van der Waals surface area contributed by atoms with Crippen molar-refractivity contribution in [2.24, 2.45) is 5.73 Å². The number of hydrogen-bond donors (Lipinski definition) is 1. The Morgan fingerprint density at radius 3 is 1.11 bits per heavy atom. The summed E-state index contributed by atoms with van der Waals surface area (Å²) in [4.78, 5) is 6.00. The van der Waals surface area contributed by atoms with Crippen LogP contribution >= 0.6 is 0 Å². The van der Waals surface area contributed by atoms with Gasteiger partial charge in [-0.15, -0.1) is 38.5 Å². The Morgan fingerprint density at radius 2 is 0.821 bits per heavy atom. The molecule has 0 atom stereocenters. The molecule has 28 heavy (non-hydrogen) atoms. The first-order chi connectivity index (χ1) is 13.5. The maximum Gasteiger partial charge on any atom is 0.0608 e. The van der Waals surface area contributed by atoms with Crippen LogP contribution in [0.15, 0.2) is 0 Å². The fourth-order valence-electron chi connectivity index (χ4n) is 2.86. The lowest BCUT2D eigenvalue weighted by molar-refractivity contribution is 0.185. The van der Waals surface area contributed by atoms with E-state index in [4.69, 9.17) is 44.3 Å². The smallest absolute Gasteiger partial charge is 0.0608 e. The monoisotopic (exact) mass is 374 g/mol. The predicted octanol–water partition coefficient (Wildman–Crippen LogP) is 0.169. The minimum atomic E-state index is -0.545.